The molecular weight excluding hydrogens is 322 g/mol. The molecule has 3 rings (SSSR count). The molecule has 2 atom stereocenters. The third-order valence-corrected chi connectivity index (χ3v) is 5.21. The Kier molecular flexibility index (Phi) is 5.27. The van der Waals surface area contributed by atoms with Crippen molar-refractivity contribution in [3.63, 3.8) is 0 Å². The van der Waals surface area contributed by atoms with Crippen LogP contribution in [0.25, 0.3) is 0 Å². The number of amides is 1. The number of nitrogens with zero attached hydrogens (tertiary/aromatic N) is 1. The summed E-state index contributed by atoms with van der Waals surface area (Å²) in [5.74, 6) is -0.998. The zero-order chi connectivity index (χ0) is 17.9. The highest BCUT2D eigenvalue weighted by molar-refractivity contribution is 5.86. The average molecular weight is 347 g/mol. The Labute approximate surface area is 147 Å². The Bertz CT molecular complexity index is 616. The molecule has 1 aromatic rings. The van der Waals surface area contributed by atoms with Crippen LogP contribution in [0.1, 0.15) is 44.1 Å². The van der Waals surface area contributed by atoms with E-state index in [0.717, 1.165) is 31.2 Å². The van der Waals surface area contributed by atoms with Gasteiger partial charge in [0.2, 0.25) is 0 Å². The number of rotatable bonds is 6. The molecule has 6 heteroatoms. The first kappa shape index (κ1) is 17.7. The first-order valence-corrected chi connectivity index (χ1v) is 8.86. The summed E-state index contributed by atoms with van der Waals surface area (Å²) < 4.78 is 11.0. The second-order valence-corrected chi connectivity index (χ2v) is 6.84. The summed E-state index contributed by atoms with van der Waals surface area (Å²) in [6, 6.07) is 9.33. The summed E-state index contributed by atoms with van der Waals surface area (Å²) in [6.07, 6.45) is 3.27. The van der Waals surface area contributed by atoms with Crippen LogP contribution in [0.15, 0.2) is 30.3 Å². The summed E-state index contributed by atoms with van der Waals surface area (Å²) >= 11 is 0. The Morgan fingerprint density at radius 1 is 1.20 bits per heavy atom. The highest BCUT2D eigenvalue weighted by atomic mass is 16.6. The van der Waals surface area contributed by atoms with Crippen LogP contribution in [0.2, 0.25) is 0 Å². The molecule has 2 saturated carbocycles. The maximum Gasteiger partial charge on any atom is 0.411 e. The molecule has 136 valence electrons. The zero-order valence-corrected chi connectivity index (χ0v) is 14.5. The van der Waals surface area contributed by atoms with Crippen LogP contribution in [-0.4, -0.2) is 46.9 Å². The van der Waals surface area contributed by atoms with Gasteiger partial charge in [-0.1, -0.05) is 43.2 Å². The van der Waals surface area contributed by atoms with Crippen molar-refractivity contribution in [1.29, 1.82) is 0 Å². The van der Waals surface area contributed by atoms with Crippen molar-refractivity contribution in [3.05, 3.63) is 35.9 Å². The topological polar surface area (TPSA) is 76.1 Å². The zero-order valence-electron chi connectivity index (χ0n) is 14.5. The van der Waals surface area contributed by atoms with Crippen molar-refractivity contribution < 1.29 is 24.2 Å². The fourth-order valence-electron chi connectivity index (χ4n) is 3.82. The molecule has 1 aromatic carbocycles. The van der Waals surface area contributed by atoms with E-state index in [1.165, 1.54) is 12.0 Å². The predicted octanol–water partition coefficient (Wildman–Crippen LogP) is 3.20. The molecule has 1 amide bonds. The van der Waals surface area contributed by atoms with Gasteiger partial charge in [-0.05, 0) is 31.2 Å². The molecule has 0 radical (unpaired) electrons. The lowest BCUT2D eigenvalue weighted by Crippen LogP contribution is -2.66. The van der Waals surface area contributed by atoms with Gasteiger partial charge in [0, 0.05) is 13.2 Å². The lowest BCUT2D eigenvalue weighted by molar-refractivity contribution is -0.166. The number of ether oxygens (including phenoxy) is 2. The Balaban J connectivity index is 1.82. The first-order chi connectivity index (χ1) is 12.1. The van der Waals surface area contributed by atoms with Crippen LogP contribution in [0.4, 0.5) is 4.79 Å². The summed E-state index contributed by atoms with van der Waals surface area (Å²) in [5, 5.41) is 10.0. The number of hydrogen-bond acceptors (Lipinski definition) is 4. The number of methoxy groups -OCH3 is 1. The van der Waals surface area contributed by atoms with Gasteiger partial charge in [-0.15, -0.1) is 0 Å². The molecule has 2 unspecified atom stereocenters. The number of carbonyl (C=O) groups is 2. The Morgan fingerprint density at radius 2 is 1.92 bits per heavy atom. The van der Waals surface area contributed by atoms with Gasteiger partial charge < -0.3 is 14.6 Å². The van der Waals surface area contributed by atoms with E-state index in [9.17, 15) is 14.7 Å². The number of hydrogen-bond donors (Lipinski definition) is 1. The predicted molar refractivity (Wildman–Crippen MR) is 91.1 cm³/mol. The monoisotopic (exact) mass is 347 g/mol. The molecule has 6 nitrogen and oxygen atoms in total. The van der Waals surface area contributed by atoms with Crippen molar-refractivity contribution in [3.8, 4) is 0 Å². The molecule has 0 aliphatic heterocycles. The van der Waals surface area contributed by atoms with Crippen LogP contribution in [0.3, 0.4) is 0 Å². The fraction of sp³-hybridized carbons (Fsp3) is 0.579. The van der Waals surface area contributed by atoms with Crippen LogP contribution < -0.4 is 0 Å². The summed E-state index contributed by atoms with van der Waals surface area (Å²) in [6.45, 7) is 0.135. The van der Waals surface area contributed by atoms with Crippen LogP contribution in [0, 0.1) is 0 Å². The number of benzene rings is 1. The molecule has 25 heavy (non-hydrogen) atoms. The molecule has 2 fully saturated rings. The van der Waals surface area contributed by atoms with Crippen molar-refractivity contribution in [2.24, 2.45) is 0 Å². The normalized spacial score (nSPS) is 26.0. The molecule has 0 heterocycles. The van der Waals surface area contributed by atoms with E-state index in [0.29, 0.717) is 12.8 Å². The minimum absolute atomic E-state index is 0.0740. The number of carboxylic acid groups (broad SMARTS) is 1. The highest BCUT2D eigenvalue weighted by Gasteiger charge is 2.58. The minimum Gasteiger partial charge on any atom is -0.479 e. The van der Waals surface area contributed by atoms with Gasteiger partial charge in [0.15, 0.2) is 5.54 Å². The van der Waals surface area contributed by atoms with Crippen molar-refractivity contribution >= 4 is 12.1 Å². The van der Waals surface area contributed by atoms with E-state index in [1.54, 1.807) is 0 Å². The molecule has 1 N–H and O–H groups in total. The van der Waals surface area contributed by atoms with Gasteiger partial charge >= 0.3 is 12.1 Å². The van der Waals surface area contributed by atoms with Crippen LogP contribution in [-0.2, 0) is 20.9 Å². The molecular formula is C19H25NO5. The maximum absolute atomic E-state index is 12.9. The maximum atomic E-state index is 12.9. The third-order valence-electron chi connectivity index (χ3n) is 5.21. The number of carbonyl (C=O) groups excluding carboxylic acids is 1. The van der Waals surface area contributed by atoms with Crippen LogP contribution in [0.5, 0.6) is 0 Å². The fourth-order valence-corrected chi connectivity index (χ4v) is 3.82. The van der Waals surface area contributed by atoms with Gasteiger partial charge in [0.05, 0.1) is 6.10 Å². The van der Waals surface area contributed by atoms with Gasteiger partial charge in [0.25, 0.3) is 0 Å². The quantitative estimate of drug-likeness (QED) is 0.855. The molecule has 0 aromatic heterocycles. The molecule has 0 spiro atoms. The van der Waals surface area contributed by atoms with E-state index in [4.69, 9.17) is 9.47 Å². The van der Waals surface area contributed by atoms with Crippen molar-refractivity contribution in [2.45, 2.75) is 62.8 Å². The third kappa shape index (κ3) is 3.49. The lowest BCUT2D eigenvalue weighted by atomic mass is 9.77. The second kappa shape index (κ2) is 7.44. The highest BCUT2D eigenvalue weighted by Crippen LogP contribution is 2.43. The summed E-state index contributed by atoms with van der Waals surface area (Å²) in [5.41, 5.74) is -0.454. The molecule has 2 aliphatic carbocycles. The molecule has 2 aliphatic rings. The molecule has 0 bridgehead atoms. The van der Waals surface area contributed by atoms with E-state index < -0.39 is 23.7 Å². The van der Waals surface area contributed by atoms with Crippen molar-refractivity contribution in [2.75, 3.05) is 7.11 Å². The van der Waals surface area contributed by atoms with Crippen molar-refractivity contribution in [1.82, 2.24) is 4.90 Å². The van der Waals surface area contributed by atoms with E-state index in [-0.39, 0.29) is 12.6 Å². The standard InChI is InChI=1S/C19H25NO5/c1-24-16-9-5-6-12-19(16,17(21)22)20(15-10-11-15)18(23)25-13-14-7-3-2-4-8-14/h2-4,7-8,15-16H,5-6,9-13H2,1H3,(H,21,22). The largest absolute Gasteiger partial charge is 0.479 e. The van der Waals surface area contributed by atoms with Gasteiger partial charge in [0.1, 0.15) is 6.61 Å². The summed E-state index contributed by atoms with van der Waals surface area (Å²) in [7, 11) is 1.52. The average Bonchev–Trinajstić information content (AvgIpc) is 3.46. The Morgan fingerprint density at radius 3 is 2.52 bits per heavy atom. The lowest BCUT2D eigenvalue weighted by Gasteiger charge is -2.46. The van der Waals surface area contributed by atoms with Gasteiger partial charge in [-0.25, -0.2) is 9.59 Å². The van der Waals surface area contributed by atoms with Gasteiger partial charge in [-0.2, -0.15) is 0 Å². The van der Waals surface area contributed by atoms with Gasteiger partial charge in [-0.3, -0.25) is 4.90 Å². The molecule has 0 saturated heterocycles. The van der Waals surface area contributed by atoms with Crippen LogP contribution >= 0.6 is 0 Å². The number of aliphatic carboxylic acids is 1. The minimum atomic E-state index is -1.33. The SMILES string of the molecule is COC1CCCCC1(C(=O)O)N(C(=O)OCc1ccccc1)C1CC1. The smallest absolute Gasteiger partial charge is 0.411 e. The second-order valence-electron chi connectivity index (χ2n) is 6.84. The summed E-state index contributed by atoms with van der Waals surface area (Å²) in [4.78, 5) is 26.6. The first-order valence-electron chi connectivity index (χ1n) is 8.86. The number of carboxylic acids is 1. The van der Waals surface area contributed by atoms with E-state index in [1.807, 2.05) is 30.3 Å². The Hall–Kier alpha value is -2.08. The van der Waals surface area contributed by atoms with E-state index >= 15 is 0 Å². The van der Waals surface area contributed by atoms with E-state index in [2.05, 4.69) is 0 Å².